The SMILES string of the molecule is CCCCCCCCCCc1ccc(-c2noc(CCN)n2)cc1.Cl. The molecule has 0 amide bonds. The molecule has 0 spiro atoms. The molecular formula is C20H32ClN3O. The minimum Gasteiger partial charge on any atom is -0.339 e. The Labute approximate surface area is 158 Å². The Kier molecular flexibility index (Phi) is 11.2. The summed E-state index contributed by atoms with van der Waals surface area (Å²) in [4.78, 5) is 4.36. The van der Waals surface area contributed by atoms with E-state index in [0.29, 0.717) is 24.7 Å². The second-order valence-corrected chi connectivity index (χ2v) is 6.47. The molecule has 0 fully saturated rings. The molecule has 0 atom stereocenters. The number of unbranched alkanes of at least 4 members (excludes halogenated alkanes) is 7. The van der Waals surface area contributed by atoms with Crippen LogP contribution in [-0.2, 0) is 12.8 Å². The van der Waals surface area contributed by atoms with Gasteiger partial charge in [-0.15, -0.1) is 12.4 Å². The zero-order valence-electron chi connectivity index (χ0n) is 15.4. The third-order valence-electron chi connectivity index (χ3n) is 4.36. The van der Waals surface area contributed by atoms with E-state index in [9.17, 15) is 0 Å². The van der Waals surface area contributed by atoms with Crippen molar-refractivity contribution in [1.29, 1.82) is 0 Å². The van der Waals surface area contributed by atoms with Gasteiger partial charge < -0.3 is 10.3 Å². The van der Waals surface area contributed by atoms with E-state index in [-0.39, 0.29) is 12.4 Å². The van der Waals surface area contributed by atoms with Gasteiger partial charge in [-0.1, -0.05) is 81.3 Å². The lowest BCUT2D eigenvalue weighted by atomic mass is 10.0. The number of hydrogen-bond acceptors (Lipinski definition) is 4. The van der Waals surface area contributed by atoms with E-state index in [1.165, 1.54) is 56.9 Å². The fourth-order valence-corrected chi connectivity index (χ4v) is 2.88. The van der Waals surface area contributed by atoms with Crippen LogP contribution in [0.2, 0.25) is 0 Å². The van der Waals surface area contributed by atoms with E-state index in [0.717, 1.165) is 12.0 Å². The summed E-state index contributed by atoms with van der Waals surface area (Å²) in [7, 11) is 0. The van der Waals surface area contributed by atoms with E-state index in [4.69, 9.17) is 10.3 Å². The highest BCUT2D eigenvalue weighted by atomic mass is 35.5. The van der Waals surface area contributed by atoms with Crippen molar-refractivity contribution >= 4 is 12.4 Å². The predicted octanol–water partition coefficient (Wildman–Crippen LogP) is 5.34. The Balaban J connectivity index is 0.00000312. The number of nitrogens with zero attached hydrogens (tertiary/aromatic N) is 2. The van der Waals surface area contributed by atoms with Crippen molar-refractivity contribution in [3.05, 3.63) is 35.7 Å². The molecule has 0 saturated carbocycles. The van der Waals surface area contributed by atoms with E-state index in [1.807, 2.05) is 0 Å². The lowest BCUT2D eigenvalue weighted by Crippen LogP contribution is -2.02. The maximum Gasteiger partial charge on any atom is 0.228 e. The monoisotopic (exact) mass is 365 g/mol. The molecule has 5 heteroatoms. The van der Waals surface area contributed by atoms with Crippen LogP contribution in [-0.4, -0.2) is 16.7 Å². The van der Waals surface area contributed by atoms with Crippen molar-refractivity contribution in [2.75, 3.05) is 6.54 Å². The molecule has 140 valence electrons. The van der Waals surface area contributed by atoms with Crippen LogP contribution in [0.3, 0.4) is 0 Å². The van der Waals surface area contributed by atoms with Gasteiger partial charge in [0.15, 0.2) is 0 Å². The summed E-state index contributed by atoms with van der Waals surface area (Å²) >= 11 is 0. The Bertz CT molecular complexity index is 569. The summed E-state index contributed by atoms with van der Waals surface area (Å²) in [5.41, 5.74) is 7.88. The average molecular weight is 366 g/mol. The molecule has 0 radical (unpaired) electrons. The van der Waals surface area contributed by atoms with Gasteiger partial charge in [-0.2, -0.15) is 4.98 Å². The van der Waals surface area contributed by atoms with Gasteiger partial charge in [0.1, 0.15) is 0 Å². The molecule has 1 aromatic carbocycles. The lowest BCUT2D eigenvalue weighted by molar-refractivity contribution is 0.380. The Morgan fingerprint density at radius 1 is 0.880 bits per heavy atom. The number of rotatable bonds is 12. The fourth-order valence-electron chi connectivity index (χ4n) is 2.88. The molecule has 0 saturated heterocycles. The summed E-state index contributed by atoms with van der Waals surface area (Å²) in [5.74, 6) is 1.26. The van der Waals surface area contributed by atoms with Gasteiger partial charge in [-0.05, 0) is 18.4 Å². The van der Waals surface area contributed by atoms with Crippen LogP contribution in [0.1, 0.15) is 69.7 Å². The minimum absolute atomic E-state index is 0. The zero-order chi connectivity index (χ0) is 17.0. The maximum atomic E-state index is 5.50. The van der Waals surface area contributed by atoms with Crippen LogP contribution in [0.15, 0.2) is 28.8 Å². The average Bonchev–Trinajstić information content (AvgIpc) is 3.07. The molecule has 0 aliphatic rings. The van der Waals surface area contributed by atoms with Crippen LogP contribution < -0.4 is 5.73 Å². The van der Waals surface area contributed by atoms with Crippen molar-refractivity contribution < 1.29 is 4.52 Å². The standard InChI is InChI=1S/C20H31N3O.ClH/c1-2-3-4-5-6-7-8-9-10-17-11-13-18(14-12-17)20-22-19(15-16-21)24-23-20;/h11-14H,2-10,15-16,21H2,1H3;1H. The van der Waals surface area contributed by atoms with Gasteiger partial charge in [0.2, 0.25) is 11.7 Å². The number of aryl methyl sites for hydroxylation is 1. The molecule has 0 aliphatic heterocycles. The number of benzene rings is 1. The Morgan fingerprint density at radius 2 is 1.52 bits per heavy atom. The number of aromatic nitrogens is 2. The normalized spacial score (nSPS) is 10.6. The highest BCUT2D eigenvalue weighted by Gasteiger charge is 2.07. The van der Waals surface area contributed by atoms with Gasteiger partial charge >= 0.3 is 0 Å². The Morgan fingerprint density at radius 3 is 2.16 bits per heavy atom. The van der Waals surface area contributed by atoms with Crippen LogP contribution >= 0.6 is 12.4 Å². The van der Waals surface area contributed by atoms with Crippen molar-refractivity contribution in [3.8, 4) is 11.4 Å². The van der Waals surface area contributed by atoms with Crippen LogP contribution in [0.4, 0.5) is 0 Å². The van der Waals surface area contributed by atoms with Crippen molar-refractivity contribution in [1.82, 2.24) is 10.1 Å². The number of hydrogen-bond donors (Lipinski definition) is 1. The summed E-state index contributed by atoms with van der Waals surface area (Å²) in [6.07, 6.45) is 12.7. The maximum absolute atomic E-state index is 5.50. The summed E-state index contributed by atoms with van der Waals surface area (Å²) < 4.78 is 5.18. The van der Waals surface area contributed by atoms with Gasteiger partial charge in [0.05, 0.1) is 0 Å². The number of halogens is 1. The van der Waals surface area contributed by atoms with Crippen molar-refractivity contribution in [2.24, 2.45) is 5.73 Å². The van der Waals surface area contributed by atoms with Crippen LogP contribution in [0.25, 0.3) is 11.4 Å². The molecule has 2 rings (SSSR count). The topological polar surface area (TPSA) is 64.9 Å². The molecule has 0 bridgehead atoms. The van der Waals surface area contributed by atoms with E-state index >= 15 is 0 Å². The van der Waals surface area contributed by atoms with Gasteiger partial charge in [-0.3, -0.25) is 0 Å². The molecule has 0 aliphatic carbocycles. The first-order chi connectivity index (χ1) is 11.8. The fraction of sp³-hybridized carbons (Fsp3) is 0.600. The second-order valence-electron chi connectivity index (χ2n) is 6.47. The third-order valence-corrected chi connectivity index (χ3v) is 4.36. The summed E-state index contributed by atoms with van der Waals surface area (Å²) in [5, 5.41) is 4.01. The third kappa shape index (κ3) is 8.02. The van der Waals surface area contributed by atoms with Gasteiger partial charge in [0, 0.05) is 18.5 Å². The summed E-state index contributed by atoms with van der Waals surface area (Å²) in [6, 6.07) is 8.51. The molecule has 2 N–H and O–H groups in total. The molecule has 0 unspecified atom stereocenters. The molecule has 1 heterocycles. The lowest BCUT2D eigenvalue weighted by Gasteiger charge is -2.03. The first-order valence-corrected chi connectivity index (χ1v) is 9.45. The van der Waals surface area contributed by atoms with Crippen LogP contribution in [0.5, 0.6) is 0 Å². The first kappa shape index (κ1) is 21.7. The molecule has 25 heavy (non-hydrogen) atoms. The largest absolute Gasteiger partial charge is 0.339 e. The van der Waals surface area contributed by atoms with Gasteiger partial charge in [-0.25, -0.2) is 0 Å². The highest BCUT2D eigenvalue weighted by Crippen LogP contribution is 2.18. The smallest absolute Gasteiger partial charge is 0.228 e. The van der Waals surface area contributed by atoms with E-state index < -0.39 is 0 Å². The van der Waals surface area contributed by atoms with E-state index in [1.54, 1.807) is 0 Å². The second kappa shape index (κ2) is 12.9. The van der Waals surface area contributed by atoms with E-state index in [2.05, 4.69) is 41.3 Å². The Hall–Kier alpha value is -1.39. The number of nitrogens with two attached hydrogens (primary N) is 1. The molecule has 4 nitrogen and oxygen atoms in total. The van der Waals surface area contributed by atoms with Gasteiger partial charge in [0.25, 0.3) is 0 Å². The van der Waals surface area contributed by atoms with Crippen LogP contribution in [0, 0.1) is 0 Å². The quantitative estimate of drug-likeness (QED) is 0.515. The first-order valence-electron chi connectivity index (χ1n) is 9.45. The predicted molar refractivity (Wildman–Crippen MR) is 106 cm³/mol. The van der Waals surface area contributed by atoms with Crippen molar-refractivity contribution in [2.45, 2.75) is 71.1 Å². The zero-order valence-corrected chi connectivity index (χ0v) is 16.2. The van der Waals surface area contributed by atoms with Crippen molar-refractivity contribution in [3.63, 3.8) is 0 Å². The minimum atomic E-state index is 0. The molecular weight excluding hydrogens is 334 g/mol. The molecule has 1 aromatic heterocycles. The highest BCUT2D eigenvalue weighted by molar-refractivity contribution is 5.85. The molecule has 2 aromatic rings. The summed E-state index contributed by atoms with van der Waals surface area (Å²) in [6.45, 7) is 2.79.